The van der Waals surface area contributed by atoms with E-state index in [0.717, 1.165) is 63.1 Å². The van der Waals surface area contributed by atoms with Crippen LogP contribution in [0.4, 0.5) is 0 Å². The molecule has 6 fully saturated rings. The van der Waals surface area contributed by atoms with Crippen LogP contribution in [-0.2, 0) is 11.2 Å². The molecule has 6 saturated carbocycles. The molecule has 2 N–H and O–H groups in total. The first-order chi connectivity index (χ1) is 22.3. The van der Waals surface area contributed by atoms with Crippen molar-refractivity contribution in [3.63, 3.8) is 0 Å². The summed E-state index contributed by atoms with van der Waals surface area (Å²) in [6, 6.07) is 0.108. The van der Waals surface area contributed by atoms with Crippen LogP contribution in [0.1, 0.15) is 158 Å². The first-order valence-corrected chi connectivity index (χ1v) is 19.8. The third kappa shape index (κ3) is 4.61. The predicted molar refractivity (Wildman–Crippen MR) is 191 cm³/mol. The SMILES string of the molecule is C=C(C)[C@@H]1CC[C@]2(C(=O)N[C@@H]3C[C@H](c4nnc(CC(C)C)o4)C3(C)C)CC[C@]3(C)[C@H](CC[C@@H]4[C@@]5(C)CC[C@H](O)C(C)(C)[C@@H]5CC[C@]43C)[C@@H]12. The Kier molecular flexibility index (Phi) is 8.07. The zero-order valence-electron chi connectivity index (χ0n) is 32.0. The Morgan fingerprint density at radius 2 is 1.62 bits per heavy atom. The van der Waals surface area contributed by atoms with Crippen molar-refractivity contribution in [1.82, 2.24) is 15.5 Å². The highest BCUT2D eigenvalue weighted by Crippen LogP contribution is 2.77. The van der Waals surface area contributed by atoms with Gasteiger partial charge < -0.3 is 14.8 Å². The molecule has 268 valence electrons. The molecule has 1 aromatic rings. The van der Waals surface area contributed by atoms with Crippen molar-refractivity contribution in [2.24, 2.45) is 68.0 Å². The number of amides is 1. The van der Waals surface area contributed by atoms with Crippen molar-refractivity contribution in [2.75, 3.05) is 0 Å². The number of aliphatic hydroxyl groups is 1. The Labute approximate surface area is 291 Å². The third-order valence-electron chi connectivity index (χ3n) is 17.4. The zero-order valence-corrected chi connectivity index (χ0v) is 32.0. The Bertz CT molecular complexity index is 1440. The van der Waals surface area contributed by atoms with Crippen LogP contribution in [-0.4, -0.2) is 33.4 Å². The van der Waals surface area contributed by atoms with Crippen LogP contribution >= 0.6 is 0 Å². The highest BCUT2D eigenvalue weighted by molar-refractivity contribution is 5.84. The van der Waals surface area contributed by atoms with Gasteiger partial charge in [0.15, 0.2) is 0 Å². The van der Waals surface area contributed by atoms with Crippen LogP contribution in [0.15, 0.2) is 16.6 Å². The molecule has 1 heterocycles. The van der Waals surface area contributed by atoms with E-state index >= 15 is 0 Å². The second-order valence-corrected chi connectivity index (χ2v) is 20.5. The van der Waals surface area contributed by atoms with Gasteiger partial charge in [-0.05, 0) is 140 Å². The second-order valence-electron chi connectivity index (χ2n) is 20.5. The van der Waals surface area contributed by atoms with Crippen molar-refractivity contribution in [2.45, 2.75) is 164 Å². The van der Waals surface area contributed by atoms with E-state index in [0.29, 0.717) is 41.4 Å². The molecule has 0 saturated heterocycles. The van der Waals surface area contributed by atoms with Gasteiger partial charge in [-0.3, -0.25) is 4.79 Å². The first kappa shape index (κ1) is 34.7. The highest BCUT2D eigenvalue weighted by Gasteiger charge is 2.72. The Hall–Kier alpha value is -1.69. The minimum atomic E-state index is -0.314. The lowest BCUT2D eigenvalue weighted by atomic mass is 9.32. The topological polar surface area (TPSA) is 88.3 Å². The smallest absolute Gasteiger partial charge is 0.226 e. The molecule has 0 unspecified atom stereocenters. The number of carbonyl (C=O) groups is 1. The minimum Gasteiger partial charge on any atom is -0.425 e. The highest BCUT2D eigenvalue weighted by atomic mass is 16.4. The molecule has 0 aromatic carbocycles. The summed E-state index contributed by atoms with van der Waals surface area (Å²) in [5.74, 6) is 4.95. The lowest BCUT2D eigenvalue weighted by molar-refractivity contribution is -0.246. The van der Waals surface area contributed by atoms with Crippen molar-refractivity contribution >= 4 is 5.91 Å². The van der Waals surface area contributed by atoms with E-state index in [1.54, 1.807) is 0 Å². The van der Waals surface area contributed by atoms with Crippen molar-refractivity contribution < 1.29 is 14.3 Å². The zero-order chi connectivity index (χ0) is 34.8. The van der Waals surface area contributed by atoms with E-state index < -0.39 is 0 Å². The molecule has 48 heavy (non-hydrogen) atoms. The third-order valence-corrected chi connectivity index (χ3v) is 17.4. The molecule has 0 spiro atoms. The van der Waals surface area contributed by atoms with E-state index in [9.17, 15) is 9.90 Å². The van der Waals surface area contributed by atoms with E-state index in [4.69, 9.17) is 4.42 Å². The molecular formula is C42H67N3O3. The molecule has 6 aliphatic carbocycles. The molecule has 0 bridgehead atoms. The number of fused-ring (bicyclic) bond motifs is 7. The summed E-state index contributed by atoms with van der Waals surface area (Å²) < 4.78 is 6.13. The predicted octanol–water partition coefficient (Wildman–Crippen LogP) is 9.28. The average Bonchev–Trinajstić information content (AvgIpc) is 3.62. The Balaban J connectivity index is 1.15. The van der Waals surface area contributed by atoms with Gasteiger partial charge in [0.25, 0.3) is 0 Å². The normalized spacial score (nSPS) is 47.2. The fraction of sp³-hybridized carbons (Fsp3) is 0.881. The van der Waals surface area contributed by atoms with E-state index in [1.165, 1.54) is 31.3 Å². The maximum atomic E-state index is 14.9. The molecule has 6 nitrogen and oxygen atoms in total. The molecule has 0 radical (unpaired) electrons. The number of aliphatic hydroxyl groups excluding tert-OH is 1. The molecule has 6 heteroatoms. The number of hydrogen-bond donors (Lipinski definition) is 2. The average molecular weight is 662 g/mol. The second kappa shape index (κ2) is 11.2. The summed E-state index contributed by atoms with van der Waals surface area (Å²) in [7, 11) is 0. The first-order valence-electron chi connectivity index (χ1n) is 19.8. The molecule has 1 aromatic heterocycles. The van der Waals surface area contributed by atoms with Gasteiger partial charge >= 0.3 is 0 Å². The van der Waals surface area contributed by atoms with Crippen LogP contribution in [0.5, 0.6) is 0 Å². The van der Waals surface area contributed by atoms with Gasteiger partial charge in [-0.25, -0.2) is 0 Å². The van der Waals surface area contributed by atoms with Gasteiger partial charge in [0.1, 0.15) is 0 Å². The largest absolute Gasteiger partial charge is 0.425 e. The maximum absolute atomic E-state index is 14.9. The van der Waals surface area contributed by atoms with Gasteiger partial charge in [-0.1, -0.05) is 74.5 Å². The van der Waals surface area contributed by atoms with Crippen LogP contribution in [0.25, 0.3) is 0 Å². The number of aromatic nitrogens is 2. The van der Waals surface area contributed by atoms with Crippen molar-refractivity contribution in [3.05, 3.63) is 23.9 Å². The fourth-order valence-electron chi connectivity index (χ4n) is 14.3. The quantitative estimate of drug-likeness (QED) is 0.297. The molecule has 7 rings (SSSR count). The van der Waals surface area contributed by atoms with Crippen molar-refractivity contribution in [1.29, 1.82) is 0 Å². The fourth-order valence-corrected chi connectivity index (χ4v) is 14.3. The summed E-state index contributed by atoms with van der Waals surface area (Å²) in [6.07, 6.45) is 12.7. The summed E-state index contributed by atoms with van der Waals surface area (Å²) in [5.41, 5.74) is 1.50. The van der Waals surface area contributed by atoms with Crippen LogP contribution < -0.4 is 5.32 Å². The Morgan fingerprint density at radius 3 is 2.29 bits per heavy atom. The monoisotopic (exact) mass is 662 g/mol. The number of nitrogens with zero attached hydrogens (tertiary/aromatic N) is 2. The van der Waals surface area contributed by atoms with E-state index in [1.807, 2.05) is 0 Å². The lowest BCUT2D eigenvalue weighted by Crippen LogP contribution is -2.68. The molecule has 12 atom stereocenters. The number of rotatable bonds is 6. The Morgan fingerprint density at radius 1 is 0.896 bits per heavy atom. The summed E-state index contributed by atoms with van der Waals surface area (Å²) in [4.78, 5) is 14.9. The van der Waals surface area contributed by atoms with Crippen LogP contribution in [0.2, 0.25) is 0 Å². The number of nitrogens with one attached hydrogen (secondary N) is 1. The minimum absolute atomic E-state index is 0.0312. The number of carbonyl (C=O) groups excluding carboxylic acids is 1. The molecule has 6 aliphatic rings. The van der Waals surface area contributed by atoms with E-state index in [2.05, 4.69) is 91.3 Å². The molecular weight excluding hydrogens is 594 g/mol. The van der Waals surface area contributed by atoms with Crippen molar-refractivity contribution in [3.8, 4) is 0 Å². The molecule has 0 aliphatic heterocycles. The number of hydrogen-bond acceptors (Lipinski definition) is 5. The lowest BCUT2D eigenvalue weighted by Gasteiger charge is -2.72. The van der Waals surface area contributed by atoms with Crippen LogP contribution in [0.3, 0.4) is 0 Å². The summed E-state index contributed by atoms with van der Waals surface area (Å²) >= 11 is 0. The standard InChI is InChI=1S/C42H67N3O3/c1-24(2)22-33-44-45-35(48-33)28-23-31(37(28,5)6)43-36(47)42-19-14-26(25(3)4)34(42)27-12-13-30-39(9)17-16-32(46)38(7,8)29(39)15-18-41(30,11)40(27,10)20-21-42/h24,26-32,34,46H,3,12-23H2,1-2,4-11H3,(H,43,47)/t26-,27+,28+,29-,30+,31+,32-,34+,39-,40+,41+,42-/m0/s1. The van der Waals surface area contributed by atoms with Gasteiger partial charge in [-0.2, -0.15) is 0 Å². The molecule has 1 amide bonds. The summed E-state index contributed by atoms with van der Waals surface area (Å²) in [5, 5.41) is 23.6. The van der Waals surface area contributed by atoms with Gasteiger partial charge in [-0.15, -0.1) is 10.2 Å². The maximum Gasteiger partial charge on any atom is 0.226 e. The van der Waals surface area contributed by atoms with E-state index in [-0.39, 0.29) is 50.6 Å². The van der Waals surface area contributed by atoms with Crippen LogP contribution in [0, 0.1) is 68.0 Å². The van der Waals surface area contributed by atoms with Gasteiger partial charge in [0.2, 0.25) is 17.7 Å². The van der Waals surface area contributed by atoms with Gasteiger partial charge in [0, 0.05) is 18.4 Å². The van der Waals surface area contributed by atoms with Gasteiger partial charge in [0.05, 0.1) is 11.5 Å². The summed E-state index contributed by atoms with van der Waals surface area (Å²) in [6.45, 7) is 28.3. The number of allylic oxidation sites excluding steroid dienone is 1.